The molecule has 0 N–H and O–H groups in total. The zero-order chi connectivity index (χ0) is 12.6. The minimum absolute atomic E-state index is 0.137. The van der Waals surface area contributed by atoms with Gasteiger partial charge in [-0.2, -0.15) is 13.2 Å². The summed E-state index contributed by atoms with van der Waals surface area (Å²) >= 11 is 0. The van der Waals surface area contributed by atoms with Crippen molar-refractivity contribution in [3.8, 4) is 0 Å². The predicted octanol–water partition coefficient (Wildman–Crippen LogP) is 3.83. The molecule has 92 valence electrons. The molecule has 0 heterocycles. The number of rotatable bonds is 3. The van der Waals surface area contributed by atoms with E-state index < -0.39 is 28.9 Å². The molecule has 0 amide bonds. The van der Waals surface area contributed by atoms with Gasteiger partial charge in [0.1, 0.15) is 5.82 Å². The van der Waals surface area contributed by atoms with Crippen molar-refractivity contribution in [2.24, 2.45) is 5.92 Å². The first-order valence-electron chi connectivity index (χ1n) is 5.28. The largest absolute Gasteiger partial charge is 0.419 e. The fourth-order valence-corrected chi connectivity index (χ4v) is 1.66. The minimum Gasteiger partial charge on any atom is -0.294 e. The number of alkyl halides is 3. The monoisotopic (exact) mass is 246 g/mol. The van der Waals surface area contributed by atoms with E-state index in [-0.39, 0.29) is 12.3 Å². The number of hydrogen-bond donors (Lipinski definition) is 0. The van der Waals surface area contributed by atoms with Crippen LogP contribution >= 0.6 is 0 Å². The van der Waals surface area contributed by atoms with Crippen LogP contribution in [0.2, 0.25) is 0 Å². The summed E-state index contributed by atoms with van der Waals surface area (Å²) in [6, 6.07) is 2.81. The van der Waals surface area contributed by atoms with Gasteiger partial charge < -0.3 is 0 Å². The average Bonchev–Trinajstić information content (AvgIpc) is 3.00. The summed E-state index contributed by atoms with van der Waals surface area (Å²) in [5.74, 6) is -1.78. The van der Waals surface area contributed by atoms with Gasteiger partial charge in [-0.15, -0.1) is 0 Å². The fraction of sp³-hybridized carbons (Fsp3) is 0.417. The van der Waals surface area contributed by atoms with E-state index in [1.807, 2.05) is 0 Å². The van der Waals surface area contributed by atoms with Gasteiger partial charge in [0.05, 0.1) is 11.1 Å². The second-order valence-electron chi connectivity index (χ2n) is 4.24. The van der Waals surface area contributed by atoms with Crippen LogP contribution in [0, 0.1) is 11.7 Å². The minimum atomic E-state index is -4.76. The van der Waals surface area contributed by atoms with Crippen molar-refractivity contribution in [1.29, 1.82) is 0 Å². The first-order chi connectivity index (χ1) is 7.89. The molecule has 1 aliphatic carbocycles. The van der Waals surface area contributed by atoms with E-state index in [4.69, 9.17) is 0 Å². The molecule has 0 saturated heterocycles. The fourth-order valence-electron chi connectivity index (χ4n) is 1.66. The Bertz CT molecular complexity index is 446. The van der Waals surface area contributed by atoms with Crippen LogP contribution in [-0.2, 0) is 6.18 Å². The lowest BCUT2D eigenvalue weighted by atomic mass is 10.0. The maximum atomic E-state index is 13.5. The molecule has 2 rings (SSSR count). The highest BCUT2D eigenvalue weighted by molar-refractivity contribution is 5.96. The van der Waals surface area contributed by atoms with E-state index in [0.717, 1.165) is 25.0 Å². The number of benzene rings is 1. The van der Waals surface area contributed by atoms with Gasteiger partial charge in [-0.05, 0) is 30.9 Å². The molecule has 17 heavy (non-hydrogen) atoms. The molecule has 1 saturated carbocycles. The van der Waals surface area contributed by atoms with Gasteiger partial charge >= 0.3 is 6.18 Å². The van der Waals surface area contributed by atoms with Crippen molar-refractivity contribution in [2.45, 2.75) is 25.4 Å². The highest BCUT2D eigenvalue weighted by Gasteiger charge is 2.36. The SMILES string of the molecule is O=C(CC1CC1)c1cccc(C(F)(F)F)c1F. The molecule has 1 aromatic carbocycles. The average molecular weight is 246 g/mol. The Morgan fingerprint density at radius 1 is 1.29 bits per heavy atom. The van der Waals surface area contributed by atoms with Crippen LogP contribution in [0.3, 0.4) is 0 Å². The summed E-state index contributed by atoms with van der Waals surface area (Å²) in [7, 11) is 0. The molecular weight excluding hydrogens is 236 g/mol. The van der Waals surface area contributed by atoms with Crippen LogP contribution in [0.5, 0.6) is 0 Å². The number of carbonyl (C=O) groups is 1. The van der Waals surface area contributed by atoms with Gasteiger partial charge in [0.15, 0.2) is 5.78 Å². The highest BCUT2D eigenvalue weighted by Crippen LogP contribution is 2.36. The van der Waals surface area contributed by atoms with E-state index in [1.54, 1.807) is 0 Å². The molecule has 0 aliphatic heterocycles. The summed E-state index contributed by atoms with van der Waals surface area (Å²) < 4.78 is 50.8. The number of ketones is 1. The summed E-state index contributed by atoms with van der Waals surface area (Å²) in [4.78, 5) is 11.6. The van der Waals surface area contributed by atoms with Gasteiger partial charge in [-0.25, -0.2) is 4.39 Å². The van der Waals surface area contributed by atoms with Crippen LogP contribution in [0.25, 0.3) is 0 Å². The molecule has 0 aromatic heterocycles. The van der Waals surface area contributed by atoms with Gasteiger partial charge in [-0.1, -0.05) is 6.07 Å². The topological polar surface area (TPSA) is 17.1 Å². The first-order valence-corrected chi connectivity index (χ1v) is 5.28. The Labute approximate surface area is 95.4 Å². The Morgan fingerprint density at radius 3 is 2.47 bits per heavy atom. The Balaban J connectivity index is 2.31. The van der Waals surface area contributed by atoms with E-state index in [0.29, 0.717) is 6.07 Å². The molecule has 1 fully saturated rings. The number of halogens is 4. The number of hydrogen-bond acceptors (Lipinski definition) is 1. The van der Waals surface area contributed by atoms with E-state index in [2.05, 4.69) is 0 Å². The maximum Gasteiger partial charge on any atom is 0.419 e. The summed E-state index contributed by atoms with van der Waals surface area (Å²) in [6.07, 6.45) is -2.84. The normalized spacial score (nSPS) is 16.0. The van der Waals surface area contributed by atoms with Crippen LogP contribution in [0.4, 0.5) is 17.6 Å². The Morgan fingerprint density at radius 2 is 1.94 bits per heavy atom. The Hall–Kier alpha value is -1.39. The van der Waals surface area contributed by atoms with Crippen molar-refractivity contribution >= 4 is 5.78 Å². The first kappa shape index (κ1) is 12.1. The van der Waals surface area contributed by atoms with Crippen molar-refractivity contribution < 1.29 is 22.4 Å². The molecule has 1 aliphatic rings. The predicted molar refractivity (Wildman–Crippen MR) is 53.1 cm³/mol. The third kappa shape index (κ3) is 2.65. The molecule has 1 aromatic rings. The van der Waals surface area contributed by atoms with E-state index >= 15 is 0 Å². The third-order valence-corrected chi connectivity index (χ3v) is 2.78. The molecule has 0 bridgehead atoms. The van der Waals surface area contributed by atoms with Crippen molar-refractivity contribution in [3.05, 3.63) is 35.1 Å². The van der Waals surface area contributed by atoms with Crippen LogP contribution in [0.1, 0.15) is 35.2 Å². The molecule has 0 atom stereocenters. The van der Waals surface area contributed by atoms with Crippen molar-refractivity contribution in [1.82, 2.24) is 0 Å². The summed E-state index contributed by atoms with van der Waals surface area (Å²) in [6.45, 7) is 0. The molecule has 0 spiro atoms. The van der Waals surface area contributed by atoms with Crippen molar-refractivity contribution in [3.63, 3.8) is 0 Å². The van der Waals surface area contributed by atoms with E-state index in [1.165, 1.54) is 0 Å². The van der Waals surface area contributed by atoms with Gasteiger partial charge in [0, 0.05) is 6.42 Å². The second-order valence-corrected chi connectivity index (χ2v) is 4.24. The smallest absolute Gasteiger partial charge is 0.294 e. The zero-order valence-electron chi connectivity index (χ0n) is 8.85. The van der Waals surface area contributed by atoms with E-state index in [9.17, 15) is 22.4 Å². The van der Waals surface area contributed by atoms with Gasteiger partial charge in [0.2, 0.25) is 0 Å². The quantitative estimate of drug-likeness (QED) is 0.585. The molecule has 1 nitrogen and oxygen atoms in total. The molecule has 0 unspecified atom stereocenters. The van der Waals surface area contributed by atoms with Crippen LogP contribution in [-0.4, -0.2) is 5.78 Å². The lowest BCUT2D eigenvalue weighted by molar-refractivity contribution is -0.140. The van der Waals surface area contributed by atoms with Crippen molar-refractivity contribution in [2.75, 3.05) is 0 Å². The molecular formula is C12H10F4O. The van der Waals surface area contributed by atoms with Gasteiger partial charge in [0.25, 0.3) is 0 Å². The summed E-state index contributed by atoms with van der Waals surface area (Å²) in [5.41, 5.74) is -1.83. The maximum absolute atomic E-state index is 13.5. The standard InChI is InChI=1S/C12H10F4O/c13-11-8(10(17)6-7-4-5-7)2-1-3-9(11)12(14,15)16/h1-3,7H,4-6H2. The third-order valence-electron chi connectivity index (χ3n) is 2.78. The zero-order valence-corrected chi connectivity index (χ0v) is 8.85. The van der Waals surface area contributed by atoms with Crippen LogP contribution < -0.4 is 0 Å². The lowest BCUT2D eigenvalue weighted by Crippen LogP contribution is -2.12. The second kappa shape index (κ2) is 4.13. The number of Topliss-reactive ketones (excluding diaryl/α,β-unsaturated/α-hetero) is 1. The molecule has 5 heteroatoms. The number of carbonyl (C=O) groups excluding carboxylic acids is 1. The highest BCUT2D eigenvalue weighted by atomic mass is 19.4. The Kier molecular flexibility index (Phi) is 2.93. The van der Waals surface area contributed by atoms with Gasteiger partial charge in [-0.3, -0.25) is 4.79 Å². The lowest BCUT2D eigenvalue weighted by Gasteiger charge is -2.10. The van der Waals surface area contributed by atoms with Crippen LogP contribution in [0.15, 0.2) is 18.2 Å². The molecule has 0 radical (unpaired) electrons. The summed E-state index contributed by atoms with van der Waals surface area (Å²) in [5, 5.41) is 0.